The van der Waals surface area contributed by atoms with E-state index in [0.29, 0.717) is 33.6 Å². The molecule has 0 saturated heterocycles. The van der Waals surface area contributed by atoms with E-state index in [9.17, 15) is 9.59 Å². The standard InChI is InChI=1S/C35H19N5O2S/c41-34-23-14-6-7-15-25(23)36-32-35(42)39(26-16-8-9-17-27(26)40(32)34)31-28-24-19-18-20-10-4-5-13-22(20)29(24)43-33(28)38-30(37-31)21-11-2-1-3-12-21/h1-19H. The summed E-state index contributed by atoms with van der Waals surface area (Å²) in [4.78, 5) is 43.9. The van der Waals surface area contributed by atoms with Crippen molar-refractivity contribution in [1.82, 2.24) is 23.9 Å². The van der Waals surface area contributed by atoms with Crippen molar-refractivity contribution in [3.63, 3.8) is 0 Å². The van der Waals surface area contributed by atoms with Crippen molar-refractivity contribution in [1.29, 1.82) is 0 Å². The third-order valence-corrected chi connectivity index (χ3v) is 9.11. The second kappa shape index (κ2) is 8.88. The molecule has 43 heavy (non-hydrogen) atoms. The van der Waals surface area contributed by atoms with Crippen LogP contribution in [0.2, 0.25) is 0 Å². The molecule has 8 heteroatoms. The van der Waals surface area contributed by atoms with Crippen LogP contribution in [0.1, 0.15) is 0 Å². The maximum Gasteiger partial charge on any atom is 0.300 e. The fraction of sp³-hybridized carbons (Fsp3) is 0. The van der Waals surface area contributed by atoms with Crippen LogP contribution >= 0.6 is 11.3 Å². The third-order valence-electron chi connectivity index (χ3n) is 7.98. The lowest BCUT2D eigenvalue weighted by atomic mass is 10.1. The van der Waals surface area contributed by atoms with Crippen LogP contribution in [-0.4, -0.2) is 23.9 Å². The molecule has 202 valence electrons. The van der Waals surface area contributed by atoms with Crippen molar-refractivity contribution in [2.24, 2.45) is 0 Å². The molecular weight excluding hydrogens is 554 g/mol. The summed E-state index contributed by atoms with van der Waals surface area (Å²) in [5, 5.41) is 4.45. The van der Waals surface area contributed by atoms with Crippen LogP contribution in [0, 0.1) is 0 Å². The van der Waals surface area contributed by atoms with Gasteiger partial charge in [-0.15, -0.1) is 11.3 Å². The Morgan fingerprint density at radius 1 is 0.581 bits per heavy atom. The van der Waals surface area contributed by atoms with Gasteiger partial charge >= 0.3 is 5.56 Å². The SMILES string of the molecule is O=c1c2nc3ccccc3c(=O)n2c2ccccc2n1-c1nc(-c2ccccc2)nc2sc3c4ccccc4ccc3c12. The van der Waals surface area contributed by atoms with E-state index in [2.05, 4.69) is 24.3 Å². The molecule has 9 aromatic rings. The van der Waals surface area contributed by atoms with E-state index in [-0.39, 0.29) is 11.2 Å². The second-order valence-electron chi connectivity index (χ2n) is 10.4. The van der Waals surface area contributed by atoms with Crippen LogP contribution in [0.15, 0.2) is 125 Å². The predicted molar refractivity (Wildman–Crippen MR) is 173 cm³/mol. The first-order valence-corrected chi connectivity index (χ1v) is 14.6. The molecular formula is C35H19N5O2S. The number of aromatic nitrogens is 5. The molecule has 0 unspecified atom stereocenters. The van der Waals surface area contributed by atoms with Gasteiger partial charge in [0.25, 0.3) is 5.56 Å². The molecule has 7 nitrogen and oxygen atoms in total. The lowest BCUT2D eigenvalue weighted by molar-refractivity contribution is 0.957. The maximum absolute atomic E-state index is 14.6. The highest BCUT2D eigenvalue weighted by Crippen LogP contribution is 2.40. The van der Waals surface area contributed by atoms with Gasteiger partial charge < -0.3 is 0 Å². The van der Waals surface area contributed by atoms with Crippen LogP contribution in [0.3, 0.4) is 0 Å². The zero-order valence-corrected chi connectivity index (χ0v) is 23.2. The number of thiophene rings is 1. The monoisotopic (exact) mass is 573 g/mol. The maximum atomic E-state index is 14.6. The molecule has 5 aromatic carbocycles. The quantitative estimate of drug-likeness (QED) is 0.162. The van der Waals surface area contributed by atoms with E-state index >= 15 is 0 Å². The van der Waals surface area contributed by atoms with Crippen LogP contribution in [0.25, 0.3) is 75.9 Å². The Morgan fingerprint density at radius 2 is 1.30 bits per heavy atom. The minimum atomic E-state index is -0.430. The number of fused-ring (bicyclic) bond motifs is 9. The number of para-hydroxylation sites is 3. The van der Waals surface area contributed by atoms with Crippen molar-refractivity contribution >= 4 is 70.0 Å². The van der Waals surface area contributed by atoms with Crippen LogP contribution in [0.4, 0.5) is 0 Å². The number of benzene rings is 5. The van der Waals surface area contributed by atoms with Crippen molar-refractivity contribution in [3.05, 3.63) is 136 Å². The number of hydrogen-bond donors (Lipinski definition) is 0. The molecule has 0 bridgehead atoms. The van der Waals surface area contributed by atoms with Gasteiger partial charge in [-0.2, -0.15) is 0 Å². The van der Waals surface area contributed by atoms with E-state index in [1.165, 1.54) is 4.40 Å². The van der Waals surface area contributed by atoms with E-state index < -0.39 is 5.56 Å². The molecule has 0 amide bonds. The summed E-state index contributed by atoms with van der Waals surface area (Å²) in [5.41, 5.74) is 1.76. The van der Waals surface area contributed by atoms with Crippen LogP contribution < -0.4 is 11.1 Å². The largest absolute Gasteiger partial charge is 0.300 e. The minimum Gasteiger partial charge on any atom is -0.268 e. The van der Waals surface area contributed by atoms with E-state index in [0.717, 1.165) is 36.6 Å². The average Bonchev–Trinajstić information content (AvgIpc) is 3.45. The zero-order chi connectivity index (χ0) is 28.7. The molecule has 0 fully saturated rings. The molecule has 0 N–H and O–H groups in total. The molecule has 0 aliphatic heterocycles. The Bertz CT molecular complexity index is 2730. The Balaban J connectivity index is 1.51. The molecule has 0 aliphatic rings. The van der Waals surface area contributed by atoms with Crippen molar-refractivity contribution in [2.45, 2.75) is 0 Å². The Morgan fingerprint density at radius 3 is 2.16 bits per heavy atom. The van der Waals surface area contributed by atoms with Gasteiger partial charge in [0.15, 0.2) is 11.6 Å². The first-order valence-electron chi connectivity index (χ1n) is 13.8. The summed E-state index contributed by atoms with van der Waals surface area (Å²) in [6.07, 6.45) is 0. The fourth-order valence-electron chi connectivity index (χ4n) is 6.02. The van der Waals surface area contributed by atoms with Crippen LogP contribution in [0.5, 0.6) is 0 Å². The number of hydrogen-bond acceptors (Lipinski definition) is 6. The Kier molecular flexibility index (Phi) is 4.94. The smallest absolute Gasteiger partial charge is 0.268 e. The summed E-state index contributed by atoms with van der Waals surface area (Å²) in [6.45, 7) is 0. The molecule has 0 aliphatic carbocycles. The van der Waals surface area contributed by atoms with Gasteiger partial charge in [0.2, 0.25) is 5.65 Å². The van der Waals surface area contributed by atoms with E-state index in [1.807, 2.05) is 72.8 Å². The van der Waals surface area contributed by atoms with Crippen molar-refractivity contribution < 1.29 is 0 Å². The first kappa shape index (κ1) is 23.9. The highest BCUT2D eigenvalue weighted by Gasteiger charge is 2.23. The molecule has 0 radical (unpaired) electrons. The molecule has 9 rings (SSSR count). The van der Waals surface area contributed by atoms with Crippen LogP contribution in [-0.2, 0) is 0 Å². The molecule has 0 atom stereocenters. The topological polar surface area (TPSA) is 82.1 Å². The van der Waals surface area contributed by atoms with Gasteiger partial charge in [0.05, 0.1) is 27.3 Å². The first-order chi connectivity index (χ1) is 21.2. The summed E-state index contributed by atoms with van der Waals surface area (Å²) in [6, 6.07) is 36.7. The predicted octanol–water partition coefficient (Wildman–Crippen LogP) is 7.13. The van der Waals surface area contributed by atoms with Gasteiger partial charge in [-0.1, -0.05) is 91.0 Å². The summed E-state index contributed by atoms with van der Waals surface area (Å²) in [7, 11) is 0. The van der Waals surface area contributed by atoms with E-state index in [4.69, 9.17) is 15.0 Å². The summed E-state index contributed by atoms with van der Waals surface area (Å²) < 4.78 is 4.10. The molecule has 0 spiro atoms. The minimum absolute atomic E-state index is 0.0420. The Hall–Kier alpha value is -5.73. The van der Waals surface area contributed by atoms with Gasteiger partial charge in [-0.05, 0) is 35.0 Å². The highest BCUT2D eigenvalue weighted by atomic mass is 32.1. The lowest BCUT2D eigenvalue weighted by Crippen LogP contribution is -2.29. The fourth-order valence-corrected chi connectivity index (χ4v) is 7.23. The summed E-state index contributed by atoms with van der Waals surface area (Å²) in [5.74, 6) is 0.968. The van der Waals surface area contributed by atoms with Crippen molar-refractivity contribution in [2.75, 3.05) is 0 Å². The second-order valence-corrected chi connectivity index (χ2v) is 11.4. The highest BCUT2D eigenvalue weighted by molar-refractivity contribution is 7.26. The molecule has 4 heterocycles. The van der Waals surface area contributed by atoms with E-state index in [1.54, 1.807) is 34.1 Å². The Labute approximate surface area is 246 Å². The zero-order valence-electron chi connectivity index (χ0n) is 22.4. The van der Waals surface area contributed by atoms with Gasteiger partial charge in [0, 0.05) is 15.6 Å². The lowest BCUT2D eigenvalue weighted by Gasteiger charge is -2.15. The normalized spacial score (nSPS) is 11.9. The molecule has 0 saturated carbocycles. The van der Waals surface area contributed by atoms with Gasteiger partial charge in [-0.3, -0.25) is 18.6 Å². The van der Waals surface area contributed by atoms with Crippen molar-refractivity contribution in [3.8, 4) is 17.2 Å². The van der Waals surface area contributed by atoms with Gasteiger partial charge in [0.1, 0.15) is 4.83 Å². The molecule has 4 aromatic heterocycles. The van der Waals surface area contributed by atoms with Gasteiger partial charge in [-0.25, -0.2) is 15.0 Å². The third kappa shape index (κ3) is 3.38. The average molecular weight is 574 g/mol. The number of nitrogens with zero attached hydrogens (tertiary/aromatic N) is 5. The number of rotatable bonds is 2. The summed E-state index contributed by atoms with van der Waals surface area (Å²) >= 11 is 1.59.